The van der Waals surface area contributed by atoms with Crippen LogP contribution in [0, 0.1) is 28.9 Å². The molecule has 2 fully saturated rings. The van der Waals surface area contributed by atoms with E-state index in [2.05, 4.69) is 13.8 Å². The highest BCUT2D eigenvalue weighted by molar-refractivity contribution is 5.29. The van der Waals surface area contributed by atoms with Gasteiger partial charge in [0.1, 0.15) is 0 Å². The Morgan fingerprint density at radius 1 is 0.880 bits per heavy atom. The zero-order valence-corrected chi connectivity index (χ0v) is 16.2. The first kappa shape index (κ1) is 18.9. The van der Waals surface area contributed by atoms with Gasteiger partial charge in [0.05, 0.1) is 0 Å². The minimum Gasteiger partial charge on any atom is -0.203 e. The molecule has 0 spiro atoms. The van der Waals surface area contributed by atoms with Crippen molar-refractivity contribution in [3.05, 3.63) is 34.9 Å². The van der Waals surface area contributed by atoms with Gasteiger partial charge >= 0.3 is 0 Å². The Hall–Kier alpha value is -0.920. The van der Waals surface area contributed by atoms with Crippen molar-refractivity contribution in [2.24, 2.45) is 17.3 Å². The second kappa shape index (κ2) is 7.76. The van der Waals surface area contributed by atoms with Crippen LogP contribution < -0.4 is 0 Å². The van der Waals surface area contributed by atoms with Gasteiger partial charge in [-0.3, -0.25) is 0 Å². The monoisotopic (exact) mass is 348 g/mol. The first-order chi connectivity index (χ1) is 12.0. The van der Waals surface area contributed by atoms with Gasteiger partial charge in [-0.2, -0.15) is 0 Å². The Morgan fingerprint density at radius 3 is 2.04 bits per heavy atom. The van der Waals surface area contributed by atoms with Crippen molar-refractivity contribution in [2.75, 3.05) is 0 Å². The maximum Gasteiger partial charge on any atom is 0.162 e. The average Bonchev–Trinajstić information content (AvgIpc) is 2.65. The normalized spacial score (nSPS) is 33.4. The second-order valence-electron chi connectivity index (χ2n) is 8.91. The van der Waals surface area contributed by atoms with E-state index in [4.69, 9.17) is 0 Å². The largest absolute Gasteiger partial charge is 0.203 e. The van der Waals surface area contributed by atoms with Crippen LogP contribution in [-0.4, -0.2) is 0 Å². The van der Waals surface area contributed by atoms with E-state index >= 15 is 0 Å². The fourth-order valence-corrected chi connectivity index (χ4v) is 5.26. The SMILES string of the molecule is CCc1ccc(C2CCC(C3CCC(C)(CC)CC3)CC2)c(F)c1F. The molecule has 2 aliphatic rings. The third kappa shape index (κ3) is 3.93. The molecule has 0 aromatic heterocycles. The second-order valence-corrected chi connectivity index (χ2v) is 8.91. The molecule has 140 valence electrons. The molecule has 2 saturated carbocycles. The van der Waals surface area contributed by atoms with Crippen LogP contribution in [-0.2, 0) is 6.42 Å². The van der Waals surface area contributed by atoms with Gasteiger partial charge in [-0.25, -0.2) is 8.78 Å². The van der Waals surface area contributed by atoms with Crippen molar-refractivity contribution in [1.82, 2.24) is 0 Å². The first-order valence-corrected chi connectivity index (χ1v) is 10.4. The summed E-state index contributed by atoms with van der Waals surface area (Å²) in [5.41, 5.74) is 1.68. The Kier molecular flexibility index (Phi) is 5.85. The molecule has 3 rings (SSSR count). The summed E-state index contributed by atoms with van der Waals surface area (Å²) in [6.07, 6.45) is 11.7. The predicted octanol–water partition coefficient (Wildman–Crippen LogP) is 7.41. The Balaban J connectivity index is 1.59. The summed E-state index contributed by atoms with van der Waals surface area (Å²) in [6.45, 7) is 6.64. The lowest BCUT2D eigenvalue weighted by Crippen LogP contribution is -2.29. The van der Waals surface area contributed by atoms with Gasteiger partial charge in [0.25, 0.3) is 0 Å². The highest BCUT2D eigenvalue weighted by Crippen LogP contribution is 2.48. The average molecular weight is 349 g/mol. The van der Waals surface area contributed by atoms with Crippen molar-refractivity contribution < 1.29 is 8.78 Å². The Labute approximate surface area is 152 Å². The molecule has 0 saturated heterocycles. The number of benzene rings is 1. The van der Waals surface area contributed by atoms with Crippen LogP contribution in [0.15, 0.2) is 12.1 Å². The molecule has 1 aromatic carbocycles. The molecule has 0 N–H and O–H groups in total. The van der Waals surface area contributed by atoms with E-state index in [1.54, 1.807) is 6.07 Å². The fourth-order valence-electron chi connectivity index (χ4n) is 5.26. The molecule has 0 radical (unpaired) electrons. The Morgan fingerprint density at radius 2 is 1.48 bits per heavy atom. The summed E-state index contributed by atoms with van der Waals surface area (Å²) in [4.78, 5) is 0. The number of aryl methyl sites for hydroxylation is 1. The highest BCUT2D eigenvalue weighted by atomic mass is 19.2. The van der Waals surface area contributed by atoms with E-state index in [9.17, 15) is 8.78 Å². The standard InChI is InChI=1S/C23H34F2/c1-4-16-10-11-20(22(25)21(16)24)19-8-6-17(7-9-19)18-12-14-23(3,5-2)15-13-18/h10-11,17-19H,4-9,12-15H2,1-3H3. The third-order valence-corrected chi connectivity index (χ3v) is 7.54. The van der Waals surface area contributed by atoms with Crippen LogP contribution in [0.2, 0.25) is 0 Å². The molecule has 0 atom stereocenters. The zero-order chi connectivity index (χ0) is 18.0. The van der Waals surface area contributed by atoms with E-state index in [1.807, 2.05) is 13.0 Å². The predicted molar refractivity (Wildman–Crippen MR) is 101 cm³/mol. The molecule has 0 amide bonds. The van der Waals surface area contributed by atoms with Crippen molar-refractivity contribution in [3.63, 3.8) is 0 Å². The molecular formula is C23H34F2. The summed E-state index contributed by atoms with van der Waals surface area (Å²) in [5.74, 6) is 0.679. The lowest BCUT2D eigenvalue weighted by Gasteiger charge is -2.42. The van der Waals surface area contributed by atoms with Gasteiger partial charge in [-0.15, -0.1) is 0 Å². The van der Waals surface area contributed by atoms with Crippen molar-refractivity contribution in [1.29, 1.82) is 0 Å². The molecule has 0 heterocycles. The van der Waals surface area contributed by atoms with Crippen LogP contribution >= 0.6 is 0 Å². The number of hydrogen-bond acceptors (Lipinski definition) is 0. The van der Waals surface area contributed by atoms with Gasteiger partial charge in [0, 0.05) is 0 Å². The lowest BCUT2D eigenvalue weighted by atomic mass is 9.64. The molecule has 0 unspecified atom stereocenters. The quantitative estimate of drug-likeness (QED) is 0.531. The summed E-state index contributed by atoms with van der Waals surface area (Å²) >= 11 is 0. The highest BCUT2D eigenvalue weighted by Gasteiger charge is 2.35. The summed E-state index contributed by atoms with van der Waals surface area (Å²) in [5, 5.41) is 0. The molecular weight excluding hydrogens is 314 g/mol. The van der Waals surface area contributed by atoms with Crippen molar-refractivity contribution in [3.8, 4) is 0 Å². The smallest absolute Gasteiger partial charge is 0.162 e. The minimum atomic E-state index is -0.617. The van der Waals surface area contributed by atoms with Gasteiger partial charge in [0.2, 0.25) is 0 Å². The van der Waals surface area contributed by atoms with Crippen molar-refractivity contribution >= 4 is 0 Å². The number of halogens is 2. The fraction of sp³-hybridized carbons (Fsp3) is 0.739. The van der Waals surface area contributed by atoms with Gasteiger partial charge in [-0.05, 0) is 92.1 Å². The zero-order valence-electron chi connectivity index (χ0n) is 16.2. The van der Waals surface area contributed by atoms with Crippen molar-refractivity contribution in [2.45, 2.75) is 90.9 Å². The number of hydrogen-bond donors (Lipinski definition) is 0. The van der Waals surface area contributed by atoms with Crippen LogP contribution in [0.4, 0.5) is 8.78 Å². The van der Waals surface area contributed by atoms with E-state index in [0.29, 0.717) is 23.0 Å². The molecule has 2 aliphatic carbocycles. The minimum absolute atomic E-state index is 0.209. The van der Waals surface area contributed by atoms with Gasteiger partial charge in [-0.1, -0.05) is 39.3 Å². The Bertz CT molecular complexity index is 576. The van der Waals surface area contributed by atoms with E-state index in [1.165, 1.54) is 44.9 Å². The summed E-state index contributed by atoms with van der Waals surface area (Å²) in [6, 6.07) is 3.63. The summed E-state index contributed by atoms with van der Waals surface area (Å²) < 4.78 is 28.6. The van der Waals surface area contributed by atoms with Gasteiger partial charge in [0.15, 0.2) is 11.6 Å². The van der Waals surface area contributed by atoms with E-state index in [-0.39, 0.29) is 5.92 Å². The molecule has 0 nitrogen and oxygen atoms in total. The topological polar surface area (TPSA) is 0 Å². The van der Waals surface area contributed by atoms with Crippen LogP contribution in [0.3, 0.4) is 0 Å². The van der Waals surface area contributed by atoms with E-state index < -0.39 is 11.6 Å². The molecule has 25 heavy (non-hydrogen) atoms. The molecule has 0 bridgehead atoms. The number of rotatable bonds is 4. The molecule has 1 aromatic rings. The maximum absolute atomic E-state index is 14.4. The van der Waals surface area contributed by atoms with Crippen LogP contribution in [0.25, 0.3) is 0 Å². The lowest BCUT2D eigenvalue weighted by molar-refractivity contribution is 0.108. The first-order valence-electron chi connectivity index (χ1n) is 10.4. The van der Waals surface area contributed by atoms with E-state index in [0.717, 1.165) is 24.7 Å². The van der Waals surface area contributed by atoms with Crippen LogP contribution in [0.5, 0.6) is 0 Å². The third-order valence-electron chi connectivity index (χ3n) is 7.54. The van der Waals surface area contributed by atoms with Crippen LogP contribution in [0.1, 0.15) is 95.6 Å². The maximum atomic E-state index is 14.4. The van der Waals surface area contributed by atoms with Gasteiger partial charge < -0.3 is 0 Å². The molecule has 0 aliphatic heterocycles. The molecule has 2 heteroatoms. The summed E-state index contributed by atoms with van der Waals surface area (Å²) in [7, 11) is 0.